The van der Waals surface area contributed by atoms with Gasteiger partial charge in [0, 0.05) is 18.4 Å². The Bertz CT molecular complexity index is 992. The van der Waals surface area contributed by atoms with Crippen molar-refractivity contribution in [3.05, 3.63) is 102 Å². The number of nitrogens with two attached hydrogens (primary N) is 1. The van der Waals surface area contributed by atoms with Gasteiger partial charge < -0.3 is 20.9 Å². The van der Waals surface area contributed by atoms with Gasteiger partial charge >= 0.3 is 0 Å². The first-order valence-electron chi connectivity index (χ1n) is 10.2. The van der Waals surface area contributed by atoms with Crippen molar-refractivity contribution in [1.82, 2.24) is 5.32 Å². The standard InChI is InChI=1S/C25H27N3O2/c26-24(28-22-15-16-30-23-14-8-7-13-21(22)23)27-18-25(29,20-11-5-2-6-12-20)17-19-9-3-1-4-10-19/h1-14,22,29H,15-18H2,(H3,26,27,28). The summed E-state index contributed by atoms with van der Waals surface area (Å²) in [6.07, 6.45) is 1.26. The molecule has 0 spiro atoms. The zero-order valence-electron chi connectivity index (χ0n) is 16.9. The lowest BCUT2D eigenvalue weighted by atomic mass is 9.87. The fourth-order valence-corrected chi connectivity index (χ4v) is 3.86. The highest BCUT2D eigenvalue weighted by Crippen LogP contribution is 2.31. The number of rotatable bonds is 6. The van der Waals surface area contributed by atoms with E-state index in [0.717, 1.165) is 28.9 Å². The normalized spacial score (nSPS) is 18.0. The molecule has 154 valence electrons. The minimum absolute atomic E-state index is 0.0395. The van der Waals surface area contributed by atoms with E-state index in [1.165, 1.54) is 0 Å². The molecule has 2 unspecified atom stereocenters. The highest BCUT2D eigenvalue weighted by Gasteiger charge is 2.30. The number of guanidine groups is 1. The van der Waals surface area contributed by atoms with Crippen LogP contribution >= 0.6 is 0 Å². The third-order valence-corrected chi connectivity index (χ3v) is 5.44. The van der Waals surface area contributed by atoms with Crippen LogP contribution in [0.3, 0.4) is 0 Å². The molecule has 5 nitrogen and oxygen atoms in total. The smallest absolute Gasteiger partial charge is 0.189 e. The highest BCUT2D eigenvalue weighted by atomic mass is 16.5. The summed E-state index contributed by atoms with van der Waals surface area (Å²) in [5.74, 6) is 1.19. The van der Waals surface area contributed by atoms with E-state index in [9.17, 15) is 5.11 Å². The average Bonchev–Trinajstić information content (AvgIpc) is 2.79. The summed E-state index contributed by atoms with van der Waals surface area (Å²) >= 11 is 0. The molecule has 0 aromatic heterocycles. The van der Waals surface area contributed by atoms with Crippen molar-refractivity contribution in [3.8, 4) is 5.75 Å². The summed E-state index contributed by atoms with van der Waals surface area (Å²) in [5.41, 5.74) is 8.02. The number of nitrogens with one attached hydrogen (secondary N) is 1. The Kier molecular flexibility index (Phi) is 6.00. The van der Waals surface area contributed by atoms with Gasteiger partial charge in [0.15, 0.2) is 5.96 Å². The lowest BCUT2D eigenvalue weighted by molar-refractivity contribution is 0.0467. The topological polar surface area (TPSA) is 79.9 Å². The summed E-state index contributed by atoms with van der Waals surface area (Å²) in [5, 5.41) is 14.8. The number of aliphatic imine (C=N–C) groups is 1. The Balaban J connectivity index is 1.52. The molecule has 1 aliphatic heterocycles. The van der Waals surface area contributed by atoms with Gasteiger partial charge in [0.25, 0.3) is 0 Å². The van der Waals surface area contributed by atoms with Crippen molar-refractivity contribution < 1.29 is 9.84 Å². The minimum Gasteiger partial charge on any atom is -0.493 e. The Morgan fingerprint density at radius 2 is 1.67 bits per heavy atom. The molecule has 0 saturated carbocycles. The molecular weight excluding hydrogens is 374 g/mol. The van der Waals surface area contributed by atoms with Crippen molar-refractivity contribution in [3.63, 3.8) is 0 Å². The molecule has 0 fully saturated rings. The molecule has 5 heteroatoms. The number of ether oxygens (including phenoxy) is 1. The van der Waals surface area contributed by atoms with Crippen LogP contribution in [0, 0.1) is 0 Å². The van der Waals surface area contributed by atoms with Gasteiger partial charge in [-0.05, 0) is 17.2 Å². The van der Waals surface area contributed by atoms with Crippen LogP contribution in [0.2, 0.25) is 0 Å². The van der Waals surface area contributed by atoms with Gasteiger partial charge in [0.2, 0.25) is 0 Å². The van der Waals surface area contributed by atoms with Gasteiger partial charge in [-0.3, -0.25) is 4.99 Å². The highest BCUT2D eigenvalue weighted by molar-refractivity contribution is 5.78. The molecule has 4 N–H and O–H groups in total. The summed E-state index contributed by atoms with van der Waals surface area (Å²) < 4.78 is 5.71. The van der Waals surface area contributed by atoms with Crippen LogP contribution in [0.25, 0.3) is 0 Å². The first-order valence-corrected chi connectivity index (χ1v) is 10.2. The lowest BCUT2D eigenvalue weighted by Crippen LogP contribution is -2.39. The summed E-state index contributed by atoms with van der Waals surface area (Å²) in [6, 6.07) is 27.6. The molecule has 0 amide bonds. The van der Waals surface area contributed by atoms with Gasteiger partial charge in [-0.2, -0.15) is 0 Å². The van der Waals surface area contributed by atoms with E-state index >= 15 is 0 Å². The first-order chi connectivity index (χ1) is 14.6. The van der Waals surface area contributed by atoms with Gasteiger partial charge in [0.05, 0.1) is 19.2 Å². The summed E-state index contributed by atoms with van der Waals surface area (Å²) in [7, 11) is 0. The number of aliphatic hydroxyl groups is 1. The predicted octanol–water partition coefficient (Wildman–Crippen LogP) is 3.55. The number of nitrogens with zero attached hydrogens (tertiary/aromatic N) is 1. The number of fused-ring (bicyclic) bond motifs is 1. The van der Waals surface area contributed by atoms with Crippen LogP contribution in [0.4, 0.5) is 0 Å². The molecule has 0 bridgehead atoms. The second-order valence-electron chi connectivity index (χ2n) is 7.63. The predicted molar refractivity (Wildman–Crippen MR) is 119 cm³/mol. The Morgan fingerprint density at radius 3 is 2.43 bits per heavy atom. The average molecular weight is 402 g/mol. The largest absolute Gasteiger partial charge is 0.493 e. The lowest BCUT2D eigenvalue weighted by Gasteiger charge is -2.29. The molecular formula is C25H27N3O2. The molecule has 3 aromatic rings. The van der Waals surface area contributed by atoms with E-state index in [4.69, 9.17) is 10.5 Å². The zero-order valence-corrected chi connectivity index (χ0v) is 16.9. The van der Waals surface area contributed by atoms with Gasteiger partial charge in [-0.15, -0.1) is 0 Å². The van der Waals surface area contributed by atoms with Gasteiger partial charge in [-0.25, -0.2) is 0 Å². The van der Waals surface area contributed by atoms with E-state index < -0.39 is 5.60 Å². The molecule has 1 heterocycles. The van der Waals surface area contributed by atoms with Crippen molar-refractivity contribution in [2.75, 3.05) is 13.2 Å². The quantitative estimate of drug-likeness (QED) is 0.436. The Labute approximate surface area is 177 Å². The van der Waals surface area contributed by atoms with E-state index in [0.29, 0.717) is 19.0 Å². The van der Waals surface area contributed by atoms with Crippen LogP contribution in [0.5, 0.6) is 5.75 Å². The van der Waals surface area contributed by atoms with Crippen LogP contribution in [0.15, 0.2) is 89.9 Å². The third-order valence-electron chi connectivity index (χ3n) is 5.44. The molecule has 2 atom stereocenters. The molecule has 1 aliphatic rings. The fraction of sp³-hybridized carbons (Fsp3) is 0.240. The molecule has 3 aromatic carbocycles. The maximum atomic E-state index is 11.5. The molecule has 0 aliphatic carbocycles. The molecule has 4 rings (SSSR count). The molecule has 0 radical (unpaired) electrons. The van der Waals surface area contributed by atoms with Crippen molar-refractivity contribution >= 4 is 5.96 Å². The molecule has 0 saturated heterocycles. The second kappa shape index (κ2) is 9.01. The number of hydrogen-bond acceptors (Lipinski definition) is 3. The monoisotopic (exact) mass is 401 g/mol. The van der Waals surface area contributed by atoms with Gasteiger partial charge in [0.1, 0.15) is 11.4 Å². The van der Waals surface area contributed by atoms with Crippen LogP contribution in [-0.4, -0.2) is 24.2 Å². The number of para-hydroxylation sites is 1. The summed E-state index contributed by atoms with van der Waals surface area (Å²) in [4.78, 5) is 4.53. The van der Waals surface area contributed by atoms with E-state index in [1.54, 1.807) is 0 Å². The van der Waals surface area contributed by atoms with Gasteiger partial charge in [-0.1, -0.05) is 78.9 Å². The minimum atomic E-state index is -1.15. The van der Waals surface area contributed by atoms with E-state index in [2.05, 4.69) is 10.3 Å². The van der Waals surface area contributed by atoms with E-state index in [-0.39, 0.29) is 12.6 Å². The van der Waals surface area contributed by atoms with Crippen LogP contribution < -0.4 is 15.8 Å². The van der Waals surface area contributed by atoms with Crippen molar-refractivity contribution in [2.45, 2.75) is 24.5 Å². The third kappa shape index (κ3) is 4.63. The Morgan fingerprint density at radius 1 is 1.00 bits per heavy atom. The maximum absolute atomic E-state index is 11.5. The van der Waals surface area contributed by atoms with Crippen molar-refractivity contribution in [1.29, 1.82) is 0 Å². The van der Waals surface area contributed by atoms with Crippen LogP contribution in [-0.2, 0) is 12.0 Å². The van der Waals surface area contributed by atoms with E-state index in [1.807, 2.05) is 84.9 Å². The zero-order chi connectivity index (χ0) is 20.8. The number of benzene rings is 3. The Hall–Kier alpha value is -3.31. The SMILES string of the molecule is NC(=NCC(O)(Cc1ccccc1)c1ccccc1)NC1CCOc2ccccc21. The number of hydrogen-bond donors (Lipinski definition) is 3. The maximum Gasteiger partial charge on any atom is 0.189 e. The fourth-order valence-electron chi connectivity index (χ4n) is 3.86. The second-order valence-corrected chi connectivity index (χ2v) is 7.63. The summed E-state index contributed by atoms with van der Waals surface area (Å²) in [6.45, 7) is 0.791. The van der Waals surface area contributed by atoms with Crippen molar-refractivity contribution in [2.24, 2.45) is 10.7 Å². The molecule has 30 heavy (non-hydrogen) atoms. The van der Waals surface area contributed by atoms with Crippen LogP contribution in [0.1, 0.15) is 29.2 Å². The first kappa shape index (κ1) is 20.0.